The first-order valence-corrected chi connectivity index (χ1v) is 12.1. The molecule has 4 N–H and O–H groups in total. The minimum atomic E-state index is -0.864. The quantitative estimate of drug-likeness (QED) is 0.297. The van der Waals surface area contributed by atoms with Gasteiger partial charge in [0.1, 0.15) is 6.04 Å². The van der Waals surface area contributed by atoms with Crippen LogP contribution in [-0.2, 0) is 11.2 Å². The van der Waals surface area contributed by atoms with Gasteiger partial charge in [-0.2, -0.15) is 0 Å². The summed E-state index contributed by atoms with van der Waals surface area (Å²) in [7, 11) is 0. The Labute approximate surface area is 213 Å². The van der Waals surface area contributed by atoms with E-state index >= 15 is 0 Å². The Morgan fingerprint density at radius 1 is 0.838 bits per heavy atom. The fraction of sp³-hybridized carbons (Fsp3) is 0.0645. The molecule has 180 valence electrons. The molecule has 0 bridgehead atoms. The van der Waals surface area contributed by atoms with Gasteiger partial charge in [0.25, 0.3) is 5.91 Å². The van der Waals surface area contributed by atoms with Gasteiger partial charge in [-0.25, -0.2) is 4.98 Å². The standard InChI is InChI=1S/C31H24N4O2/c32-30(36)29(16-19-13-14-20-7-1-2-8-21(20)15-19)35-31(37)24-17-28(34-27-12-6-4-9-22(24)27)25-18-33-26-11-5-3-10-23(25)26/h1-15,17-18,29,33H,16H2,(H2,32,36)(H,35,37). The number of aromatic amines is 1. The second-order valence-electron chi connectivity index (χ2n) is 9.13. The van der Waals surface area contributed by atoms with Crippen molar-refractivity contribution in [3.63, 3.8) is 0 Å². The summed E-state index contributed by atoms with van der Waals surface area (Å²) in [6.45, 7) is 0. The number of rotatable bonds is 6. The van der Waals surface area contributed by atoms with Gasteiger partial charge >= 0.3 is 0 Å². The van der Waals surface area contributed by atoms with Crippen molar-refractivity contribution in [2.24, 2.45) is 5.73 Å². The lowest BCUT2D eigenvalue weighted by Gasteiger charge is -2.17. The van der Waals surface area contributed by atoms with E-state index in [1.165, 1.54) is 0 Å². The largest absolute Gasteiger partial charge is 0.368 e. The molecule has 6 rings (SSSR count). The van der Waals surface area contributed by atoms with Gasteiger partial charge in [-0.1, -0.05) is 78.9 Å². The highest BCUT2D eigenvalue weighted by molar-refractivity contribution is 6.09. The van der Waals surface area contributed by atoms with Crippen LogP contribution in [0.1, 0.15) is 15.9 Å². The van der Waals surface area contributed by atoms with E-state index in [1.807, 2.05) is 97.2 Å². The SMILES string of the molecule is NC(=O)C(Cc1ccc2ccccc2c1)NC(=O)c1cc(-c2c[nH]c3ccccc23)nc2ccccc12. The molecule has 2 aromatic heterocycles. The zero-order valence-corrected chi connectivity index (χ0v) is 19.9. The number of fused-ring (bicyclic) bond motifs is 3. The van der Waals surface area contributed by atoms with Crippen molar-refractivity contribution in [3.8, 4) is 11.3 Å². The molecule has 1 unspecified atom stereocenters. The molecule has 0 aliphatic carbocycles. The summed E-state index contributed by atoms with van der Waals surface area (Å²) in [6, 6.07) is 30.4. The van der Waals surface area contributed by atoms with Crippen molar-refractivity contribution < 1.29 is 9.59 Å². The number of para-hydroxylation sites is 2. The van der Waals surface area contributed by atoms with Gasteiger partial charge in [0, 0.05) is 34.5 Å². The molecule has 0 radical (unpaired) electrons. The molecule has 37 heavy (non-hydrogen) atoms. The van der Waals surface area contributed by atoms with E-state index in [-0.39, 0.29) is 5.91 Å². The topological polar surface area (TPSA) is 101 Å². The van der Waals surface area contributed by atoms with Crippen LogP contribution in [0.2, 0.25) is 0 Å². The molecule has 6 nitrogen and oxygen atoms in total. The molecule has 0 saturated heterocycles. The van der Waals surface area contributed by atoms with Gasteiger partial charge in [0.05, 0.1) is 16.8 Å². The molecule has 0 fully saturated rings. The maximum Gasteiger partial charge on any atom is 0.252 e. The summed E-state index contributed by atoms with van der Waals surface area (Å²) in [6.07, 6.45) is 2.19. The molecule has 6 aromatic rings. The monoisotopic (exact) mass is 484 g/mol. The molecular formula is C31H24N4O2. The van der Waals surface area contributed by atoms with Crippen molar-refractivity contribution in [1.82, 2.24) is 15.3 Å². The minimum Gasteiger partial charge on any atom is -0.368 e. The van der Waals surface area contributed by atoms with Crippen LogP contribution in [-0.4, -0.2) is 27.8 Å². The molecule has 2 heterocycles. The van der Waals surface area contributed by atoms with Crippen LogP contribution >= 0.6 is 0 Å². The minimum absolute atomic E-state index is 0.296. The second kappa shape index (κ2) is 9.24. The normalized spacial score (nSPS) is 12.1. The Morgan fingerprint density at radius 3 is 2.41 bits per heavy atom. The van der Waals surface area contributed by atoms with Crippen LogP contribution in [0.15, 0.2) is 103 Å². The zero-order chi connectivity index (χ0) is 25.4. The molecule has 0 aliphatic heterocycles. The number of amides is 2. The molecule has 0 spiro atoms. The molecule has 6 heteroatoms. The average molecular weight is 485 g/mol. The Morgan fingerprint density at radius 2 is 1.57 bits per heavy atom. The van der Waals surface area contributed by atoms with E-state index in [4.69, 9.17) is 10.7 Å². The van der Waals surface area contributed by atoms with Crippen LogP contribution in [0, 0.1) is 0 Å². The van der Waals surface area contributed by atoms with Crippen molar-refractivity contribution in [1.29, 1.82) is 0 Å². The molecule has 2 amide bonds. The maximum absolute atomic E-state index is 13.6. The van der Waals surface area contributed by atoms with Crippen molar-refractivity contribution >= 4 is 44.4 Å². The predicted molar refractivity (Wildman–Crippen MR) is 147 cm³/mol. The molecule has 0 aliphatic rings. The van der Waals surface area contributed by atoms with Crippen molar-refractivity contribution in [2.45, 2.75) is 12.5 Å². The number of hydrogen-bond acceptors (Lipinski definition) is 3. The number of primary amides is 1. The predicted octanol–water partition coefficient (Wildman–Crippen LogP) is 5.36. The third-order valence-corrected chi connectivity index (χ3v) is 6.73. The van der Waals surface area contributed by atoms with Crippen LogP contribution in [0.5, 0.6) is 0 Å². The number of hydrogen-bond donors (Lipinski definition) is 3. The van der Waals surface area contributed by atoms with Gasteiger partial charge < -0.3 is 16.0 Å². The fourth-order valence-corrected chi connectivity index (χ4v) is 4.84. The summed E-state index contributed by atoms with van der Waals surface area (Å²) in [5.41, 5.74) is 10.4. The number of pyridine rings is 1. The van der Waals surface area contributed by atoms with E-state index in [9.17, 15) is 9.59 Å². The Kier molecular flexibility index (Phi) is 5.62. The zero-order valence-electron chi connectivity index (χ0n) is 19.9. The van der Waals surface area contributed by atoms with Crippen LogP contribution in [0.4, 0.5) is 0 Å². The van der Waals surface area contributed by atoms with Gasteiger partial charge in [0.15, 0.2) is 0 Å². The number of nitrogens with two attached hydrogens (primary N) is 1. The van der Waals surface area contributed by atoms with Gasteiger partial charge in [0.2, 0.25) is 5.91 Å². The maximum atomic E-state index is 13.6. The highest BCUT2D eigenvalue weighted by Crippen LogP contribution is 2.30. The number of benzene rings is 4. The summed E-state index contributed by atoms with van der Waals surface area (Å²) in [5, 5.41) is 6.78. The molecular weight excluding hydrogens is 460 g/mol. The van der Waals surface area contributed by atoms with Crippen LogP contribution < -0.4 is 11.1 Å². The summed E-state index contributed by atoms with van der Waals surface area (Å²) in [4.78, 5) is 34.1. The van der Waals surface area contributed by atoms with Crippen molar-refractivity contribution in [3.05, 3.63) is 114 Å². The third-order valence-electron chi connectivity index (χ3n) is 6.73. The Balaban J connectivity index is 1.36. The Hall–Kier alpha value is -4.97. The Bertz CT molecular complexity index is 1800. The smallest absolute Gasteiger partial charge is 0.252 e. The lowest BCUT2D eigenvalue weighted by Crippen LogP contribution is -2.45. The van der Waals surface area contributed by atoms with E-state index < -0.39 is 11.9 Å². The van der Waals surface area contributed by atoms with Gasteiger partial charge in [-0.3, -0.25) is 9.59 Å². The first kappa shape index (κ1) is 22.5. The van der Waals surface area contributed by atoms with E-state index in [2.05, 4.69) is 10.3 Å². The molecule has 4 aromatic carbocycles. The number of carbonyl (C=O) groups excluding carboxylic acids is 2. The first-order chi connectivity index (χ1) is 18.1. The fourth-order valence-electron chi connectivity index (χ4n) is 4.84. The third kappa shape index (κ3) is 4.29. The lowest BCUT2D eigenvalue weighted by molar-refractivity contribution is -0.119. The highest BCUT2D eigenvalue weighted by Gasteiger charge is 2.22. The molecule has 0 saturated carbocycles. The number of nitrogens with zero attached hydrogens (tertiary/aromatic N) is 1. The summed E-state index contributed by atoms with van der Waals surface area (Å²) in [5.74, 6) is -0.957. The van der Waals surface area contributed by atoms with E-state index in [1.54, 1.807) is 6.07 Å². The second-order valence-corrected chi connectivity index (χ2v) is 9.13. The van der Waals surface area contributed by atoms with E-state index in [0.29, 0.717) is 28.6 Å². The van der Waals surface area contributed by atoms with E-state index in [0.717, 1.165) is 32.8 Å². The lowest BCUT2D eigenvalue weighted by atomic mass is 10.00. The molecule has 1 atom stereocenters. The average Bonchev–Trinajstić information content (AvgIpc) is 3.36. The number of carbonyl (C=O) groups is 2. The number of aromatic nitrogens is 2. The van der Waals surface area contributed by atoms with Crippen LogP contribution in [0.3, 0.4) is 0 Å². The van der Waals surface area contributed by atoms with Crippen molar-refractivity contribution in [2.75, 3.05) is 0 Å². The summed E-state index contributed by atoms with van der Waals surface area (Å²) < 4.78 is 0. The highest BCUT2D eigenvalue weighted by atomic mass is 16.2. The number of H-pyrrole nitrogens is 1. The number of nitrogens with one attached hydrogen (secondary N) is 2. The van der Waals surface area contributed by atoms with Crippen LogP contribution in [0.25, 0.3) is 43.8 Å². The van der Waals surface area contributed by atoms with Gasteiger partial charge in [-0.15, -0.1) is 0 Å². The first-order valence-electron chi connectivity index (χ1n) is 12.1. The van der Waals surface area contributed by atoms with Gasteiger partial charge in [-0.05, 0) is 34.5 Å². The summed E-state index contributed by atoms with van der Waals surface area (Å²) >= 11 is 0.